The molecular formula is C15H22N2O2. The van der Waals surface area contributed by atoms with Crippen molar-refractivity contribution in [2.24, 2.45) is 5.73 Å². The van der Waals surface area contributed by atoms with Crippen LogP contribution in [0.3, 0.4) is 0 Å². The lowest BCUT2D eigenvalue weighted by atomic mass is 9.89. The Hall–Kier alpha value is -1.39. The predicted octanol–water partition coefficient (Wildman–Crippen LogP) is 1.54. The van der Waals surface area contributed by atoms with Gasteiger partial charge in [-0.1, -0.05) is 30.3 Å². The van der Waals surface area contributed by atoms with Crippen LogP contribution in [-0.2, 0) is 15.1 Å². The molecule has 4 nitrogen and oxygen atoms in total. The van der Waals surface area contributed by atoms with Crippen LogP contribution in [0.2, 0.25) is 0 Å². The van der Waals surface area contributed by atoms with Gasteiger partial charge in [0.2, 0.25) is 5.91 Å². The molecule has 1 amide bonds. The van der Waals surface area contributed by atoms with Crippen LogP contribution < -0.4 is 11.1 Å². The first kappa shape index (κ1) is 14.0. The van der Waals surface area contributed by atoms with Crippen molar-refractivity contribution in [3.05, 3.63) is 35.9 Å². The second-order valence-corrected chi connectivity index (χ2v) is 5.41. The maximum atomic E-state index is 12.1. The molecule has 104 valence electrons. The minimum atomic E-state index is -0.924. The van der Waals surface area contributed by atoms with Crippen molar-refractivity contribution in [3.8, 4) is 0 Å². The summed E-state index contributed by atoms with van der Waals surface area (Å²) >= 11 is 0. The molecule has 2 rings (SSSR count). The topological polar surface area (TPSA) is 64.3 Å². The Kier molecular flexibility index (Phi) is 4.22. The highest BCUT2D eigenvalue weighted by molar-refractivity contribution is 5.86. The van der Waals surface area contributed by atoms with Gasteiger partial charge in [-0.15, -0.1) is 0 Å². The summed E-state index contributed by atoms with van der Waals surface area (Å²) in [5.41, 5.74) is 5.63. The van der Waals surface area contributed by atoms with Crippen molar-refractivity contribution in [3.63, 3.8) is 0 Å². The van der Waals surface area contributed by atoms with E-state index in [0.717, 1.165) is 18.4 Å². The number of nitrogens with one attached hydrogen (secondary N) is 1. The van der Waals surface area contributed by atoms with Gasteiger partial charge in [0.05, 0.1) is 12.7 Å². The Morgan fingerprint density at radius 2 is 2.05 bits per heavy atom. The third-order valence-electron chi connectivity index (χ3n) is 3.35. The molecule has 1 aromatic rings. The second kappa shape index (κ2) is 5.72. The number of ether oxygens (including phenoxy) is 1. The quantitative estimate of drug-likeness (QED) is 0.783. The first-order valence-corrected chi connectivity index (χ1v) is 6.79. The van der Waals surface area contributed by atoms with Crippen molar-refractivity contribution in [1.82, 2.24) is 5.32 Å². The molecule has 1 fully saturated rings. The Morgan fingerprint density at radius 1 is 1.42 bits per heavy atom. The number of primary amides is 1. The van der Waals surface area contributed by atoms with E-state index in [1.165, 1.54) is 0 Å². The average molecular weight is 262 g/mol. The van der Waals surface area contributed by atoms with Crippen LogP contribution >= 0.6 is 0 Å². The number of hydrogen-bond acceptors (Lipinski definition) is 3. The fourth-order valence-corrected chi connectivity index (χ4v) is 2.08. The third kappa shape index (κ3) is 3.33. The fourth-order valence-electron chi connectivity index (χ4n) is 2.08. The average Bonchev–Trinajstić information content (AvgIpc) is 3.19. The van der Waals surface area contributed by atoms with E-state index in [9.17, 15) is 4.79 Å². The summed E-state index contributed by atoms with van der Waals surface area (Å²) in [4.78, 5) is 12.1. The standard InChI is InChI=1S/C15H22N2O2/c1-11(2)19-10-15(14(16)18,17-13-8-9-13)12-6-4-3-5-7-12/h3-7,11,13,17H,8-10H2,1-2H3,(H2,16,18). The van der Waals surface area contributed by atoms with E-state index in [4.69, 9.17) is 10.5 Å². The number of nitrogens with two attached hydrogens (primary N) is 1. The normalized spacial score (nSPS) is 18.3. The highest BCUT2D eigenvalue weighted by Gasteiger charge is 2.43. The summed E-state index contributed by atoms with van der Waals surface area (Å²) < 4.78 is 5.69. The fraction of sp³-hybridized carbons (Fsp3) is 0.533. The molecule has 1 aliphatic carbocycles. The molecule has 1 saturated carbocycles. The first-order valence-electron chi connectivity index (χ1n) is 6.79. The van der Waals surface area contributed by atoms with Gasteiger partial charge in [0.15, 0.2) is 0 Å². The summed E-state index contributed by atoms with van der Waals surface area (Å²) in [6, 6.07) is 9.96. The molecule has 0 bridgehead atoms. The number of carbonyl (C=O) groups excluding carboxylic acids is 1. The van der Waals surface area contributed by atoms with E-state index in [1.807, 2.05) is 44.2 Å². The van der Waals surface area contributed by atoms with Gasteiger partial charge >= 0.3 is 0 Å². The third-order valence-corrected chi connectivity index (χ3v) is 3.35. The molecular weight excluding hydrogens is 240 g/mol. The Labute approximate surface area is 114 Å². The molecule has 1 aromatic carbocycles. The molecule has 1 atom stereocenters. The zero-order valence-electron chi connectivity index (χ0n) is 11.6. The van der Waals surface area contributed by atoms with Crippen LogP contribution in [0.4, 0.5) is 0 Å². The molecule has 1 aliphatic rings. The second-order valence-electron chi connectivity index (χ2n) is 5.41. The van der Waals surface area contributed by atoms with Gasteiger partial charge in [-0.25, -0.2) is 0 Å². The molecule has 0 aromatic heterocycles. The van der Waals surface area contributed by atoms with Crippen LogP contribution in [0.25, 0.3) is 0 Å². The van der Waals surface area contributed by atoms with Gasteiger partial charge < -0.3 is 10.5 Å². The smallest absolute Gasteiger partial charge is 0.244 e. The van der Waals surface area contributed by atoms with Crippen LogP contribution in [0.5, 0.6) is 0 Å². The molecule has 4 heteroatoms. The predicted molar refractivity (Wildman–Crippen MR) is 74.6 cm³/mol. The molecule has 3 N–H and O–H groups in total. The molecule has 0 heterocycles. The zero-order chi connectivity index (χ0) is 13.9. The SMILES string of the molecule is CC(C)OCC(NC1CC1)(C(N)=O)c1ccccc1. The lowest BCUT2D eigenvalue weighted by molar-refractivity contribution is -0.128. The molecule has 19 heavy (non-hydrogen) atoms. The largest absolute Gasteiger partial charge is 0.376 e. The van der Waals surface area contributed by atoms with E-state index in [0.29, 0.717) is 6.04 Å². The van der Waals surface area contributed by atoms with Gasteiger partial charge in [-0.05, 0) is 32.3 Å². The van der Waals surface area contributed by atoms with Gasteiger partial charge in [-0.2, -0.15) is 0 Å². The number of hydrogen-bond donors (Lipinski definition) is 2. The minimum Gasteiger partial charge on any atom is -0.376 e. The lowest BCUT2D eigenvalue weighted by Crippen LogP contribution is -2.57. The Bertz CT molecular complexity index is 429. The first-order chi connectivity index (χ1) is 9.04. The van der Waals surface area contributed by atoms with E-state index in [-0.39, 0.29) is 18.6 Å². The van der Waals surface area contributed by atoms with E-state index in [1.54, 1.807) is 0 Å². The minimum absolute atomic E-state index is 0.0587. The van der Waals surface area contributed by atoms with Crippen LogP contribution in [0.1, 0.15) is 32.3 Å². The molecule has 0 saturated heterocycles. The monoisotopic (exact) mass is 262 g/mol. The highest BCUT2D eigenvalue weighted by Crippen LogP contribution is 2.29. The molecule has 0 spiro atoms. The van der Waals surface area contributed by atoms with Crippen LogP contribution in [0.15, 0.2) is 30.3 Å². The molecule has 0 aliphatic heterocycles. The van der Waals surface area contributed by atoms with Crippen molar-refractivity contribution < 1.29 is 9.53 Å². The number of carbonyl (C=O) groups is 1. The Balaban J connectivity index is 2.30. The van der Waals surface area contributed by atoms with E-state index < -0.39 is 5.54 Å². The van der Waals surface area contributed by atoms with Crippen molar-refractivity contribution in [2.45, 2.75) is 44.4 Å². The summed E-state index contributed by atoms with van der Waals surface area (Å²) in [6.45, 7) is 4.17. The number of amides is 1. The van der Waals surface area contributed by atoms with Gasteiger partial charge in [0.1, 0.15) is 5.54 Å². The summed E-state index contributed by atoms with van der Waals surface area (Å²) in [5, 5.41) is 3.38. The zero-order valence-corrected chi connectivity index (χ0v) is 11.6. The molecule has 0 radical (unpaired) electrons. The van der Waals surface area contributed by atoms with Crippen molar-refractivity contribution in [1.29, 1.82) is 0 Å². The summed E-state index contributed by atoms with van der Waals surface area (Å²) in [5.74, 6) is -0.383. The maximum Gasteiger partial charge on any atom is 0.244 e. The van der Waals surface area contributed by atoms with Gasteiger partial charge in [-0.3, -0.25) is 10.1 Å². The Morgan fingerprint density at radius 3 is 2.53 bits per heavy atom. The van der Waals surface area contributed by atoms with E-state index >= 15 is 0 Å². The van der Waals surface area contributed by atoms with Gasteiger partial charge in [0, 0.05) is 6.04 Å². The van der Waals surface area contributed by atoms with Gasteiger partial charge in [0.25, 0.3) is 0 Å². The van der Waals surface area contributed by atoms with Crippen LogP contribution in [-0.4, -0.2) is 24.7 Å². The van der Waals surface area contributed by atoms with Crippen LogP contribution in [0, 0.1) is 0 Å². The molecule has 1 unspecified atom stereocenters. The number of benzene rings is 1. The van der Waals surface area contributed by atoms with E-state index in [2.05, 4.69) is 5.32 Å². The maximum absolute atomic E-state index is 12.1. The van der Waals surface area contributed by atoms with Crippen molar-refractivity contribution in [2.75, 3.05) is 6.61 Å². The summed E-state index contributed by atoms with van der Waals surface area (Å²) in [7, 11) is 0. The number of rotatable bonds is 7. The summed E-state index contributed by atoms with van der Waals surface area (Å²) in [6.07, 6.45) is 2.23. The highest BCUT2D eigenvalue weighted by atomic mass is 16.5. The van der Waals surface area contributed by atoms with Crippen molar-refractivity contribution >= 4 is 5.91 Å². The lowest BCUT2D eigenvalue weighted by Gasteiger charge is -2.33.